The van der Waals surface area contributed by atoms with Gasteiger partial charge >= 0.3 is 5.97 Å². The highest BCUT2D eigenvalue weighted by atomic mass is 35.5. The zero-order chi connectivity index (χ0) is 14.0. The van der Waals surface area contributed by atoms with Gasteiger partial charge in [-0.15, -0.1) is 11.3 Å². The van der Waals surface area contributed by atoms with Crippen molar-refractivity contribution in [2.75, 3.05) is 26.2 Å². The summed E-state index contributed by atoms with van der Waals surface area (Å²) in [5.41, 5.74) is 0. The van der Waals surface area contributed by atoms with Gasteiger partial charge in [0.05, 0.1) is 9.21 Å². The van der Waals surface area contributed by atoms with Crippen LogP contribution in [0.1, 0.15) is 16.6 Å². The normalized spacial score (nSPS) is 18.3. The van der Waals surface area contributed by atoms with Crippen molar-refractivity contribution >= 4 is 34.8 Å². The molecule has 0 aromatic carbocycles. The number of hydrogen-bond donors (Lipinski definition) is 1. The van der Waals surface area contributed by atoms with Crippen LogP contribution in [0, 0.1) is 0 Å². The molecule has 1 aliphatic rings. The van der Waals surface area contributed by atoms with Crippen LogP contribution in [0.2, 0.25) is 4.34 Å². The van der Waals surface area contributed by atoms with Gasteiger partial charge < -0.3 is 10.0 Å². The SMILES string of the molecule is CC(C(=O)O)N1CCN(C(=O)c2ccc(Cl)s2)CC1. The number of amides is 1. The fourth-order valence-electron chi connectivity index (χ4n) is 2.05. The molecule has 0 spiro atoms. The number of rotatable bonds is 3. The zero-order valence-corrected chi connectivity index (χ0v) is 12.1. The molecular weight excluding hydrogens is 288 g/mol. The highest BCUT2D eigenvalue weighted by Gasteiger charge is 2.27. The van der Waals surface area contributed by atoms with Crippen molar-refractivity contribution in [3.63, 3.8) is 0 Å². The summed E-state index contributed by atoms with van der Waals surface area (Å²) in [6.45, 7) is 3.92. The fraction of sp³-hybridized carbons (Fsp3) is 0.500. The van der Waals surface area contributed by atoms with Gasteiger partial charge in [-0.05, 0) is 19.1 Å². The molecule has 1 atom stereocenters. The number of carbonyl (C=O) groups is 2. The number of nitrogens with zero attached hydrogens (tertiary/aromatic N) is 2. The monoisotopic (exact) mass is 302 g/mol. The minimum atomic E-state index is -0.829. The number of piperazine rings is 1. The van der Waals surface area contributed by atoms with Crippen molar-refractivity contribution in [2.24, 2.45) is 0 Å². The third kappa shape index (κ3) is 3.26. The van der Waals surface area contributed by atoms with Gasteiger partial charge in [-0.1, -0.05) is 11.6 Å². The van der Waals surface area contributed by atoms with Crippen LogP contribution in [-0.2, 0) is 4.79 Å². The lowest BCUT2D eigenvalue weighted by atomic mass is 10.2. The van der Waals surface area contributed by atoms with Gasteiger partial charge in [0.1, 0.15) is 6.04 Å². The molecule has 0 radical (unpaired) electrons. The first-order valence-corrected chi connectivity index (χ1v) is 7.20. The lowest BCUT2D eigenvalue weighted by Crippen LogP contribution is -2.53. The van der Waals surface area contributed by atoms with Gasteiger partial charge in [-0.25, -0.2) is 0 Å². The minimum Gasteiger partial charge on any atom is -0.480 e. The summed E-state index contributed by atoms with van der Waals surface area (Å²) in [4.78, 5) is 27.3. The van der Waals surface area contributed by atoms with Crippen LogP contribution < -0.4 is 0 Å². The highest BCUT2D eigenvalue weighted by Crippen LogP contribution is 2.23. The zero-order valence-electron chi connectivity index (χ0n) is 10.5. The highest BCUT2D eigenvalue weighted by molar-refractivity contribution is 7.17. The molecule has 1 saturated heterocycles. The van der Waals surface area contributed by atoms with E-state index >= 15 is 0 Å². The van der Waals surface area contributed by atoms with E-state index in [2.05, 4.69) is 0 Å². The van der Waals surface area contributed by atoms with Crippen molar-refractivity contribution in [3.8, 4) is 0 Å². The number of carboxylic acid groups (broad SMARTS) is 1. The Morgan fingerprint density at radius 2 is 1.95 bits per heavy atom. The van der Waals surface area contributed by atoms with E-state index in [9.17, 15) is 9.59 Å². The second-order valence-corrected chi connectivity index (χ2v) is 6.16. The van der Waals surface area contributed by atoms with Crippen LogP contribution in [0.4, 0.5) is 0 Å². The Morgan fingerprint density at radius 1 is 1.32 bits per heavy atom. The number of carboxylic acids is 1. The predicted molar refractivity (Wildman–Crippen MR) is 73.9 cm³/mol. The van der Waals surface area contributed by atoms with Crippen molar-refractivity contribution in [1.29, 1.82) is 0 Å². The lowest BCUT2D eigenvalue weighted by Gasteiger charge is -2.36. The minimum absolute atomic E-state index is 0.0282. The molecule has 1 fully saturated rings. The third-order valence-electron chi connectivity index (χ3n) is 3.29. The first-order valence-electron chi connectivity index (χ1n) is 6.00. The summed E-state index contributed by atoms with van der Waals surface area (Å²) in [6.07, 6.45) is 0. The summed E-state index contributed by atoms with van der Waals surface area (Å²) in [5.74, 6) is -0.857. The van der Waals surface area contributed by atoms with Crippen LogP contribution in [0.25, 0.3) is 0 Å². The Balaban J connectivity index is 1.93. The molecule has 1 unspecified atom stereocenters. The molecule has 104 valence electrons. The second-order valence-electron chi connectivity index (χ2n) is 4.45. The van der Waals surface area contributed by atoms with Crippen LogP contribution in [0.3, 0.4) is 0 Å². The predicted octanol–water partition coefficient (Wildman–Crippen LogP) is 1.63. The quantitative estimate of drug-likeness (QED) is 0.922. The van der Waals surface area contributed by atoms with Crippen LogP contribution in [0.5, 0.6) is 0 Å². The maximum absolute atomic E-state index is 12.2. The molecule has 5 nitrogen and oxygen atoms in total. The van der Waals surface area contributed by atoms with Gasteiger partial charge in [0.15, 0.2) is 0 Å². The maximum atomic E-state index is 12.2. The summed E-state index contributed by atoms with van der Waals surface area (Å²) in [5, 5.41) is 8.95. The van der Waals surface area contributed by atoms with E-state index in [1.54, 1.807) is 24.0 Å². The fourth-order valence-corrected chi connectivity index (χ4v) is 3.06. The Morgan fingerprint density at radius 3 is 2.42 bits per heavy atom. The Labute approximate surface area is 120 Å². The molecule has 0 aliphatic carbocycles. The first-order chi connectivity index (χ1) is 8.99. The summed E-state index contributed by atoms with van der Waals surface area (Å²) >= 11 is 7.09. The van der Waals surface area contributed by atoms with E-state index < -0.39 is 12.0 Å². The van der Waals surface area contributed by atoms with Crippen molar-refractivity contribution in [1.82, 2.24) is 9.80 Å². The third-order valence-corrected chi connectivity index (χ3v) is 4.51. The summed E-state index contributed by atoms with van der Waals surface area (Å²) in [7, 11) is 0. The molecule has 1 aliphatic heterocycles. The molecule has 2 heterocycles. The number of aliphatic carboxylic acids is 1. The number of halogens is 1. The molecule has 1 amide bonds. The number of hydrogen-bond acceptors (Lipinski definition) is 4. The molecular formula is C12H15ClN2O3S. The standard InChI is InChI=1S/C12H15ClN2O3S/c1-8(12(17)18)14-4-6-15(7-5-14)11(16)9-2-3-10(13)19-9/h2-3,8H,4-7H2,1H3,(H,17,18). The van der Waals surface area contributed by atoms with Crippen molar-refractivity contribution < 1.29 is 14.7 Å². The number of carbonyl (C=O) groups excluding carboxylic acids is 1. The summed E-state index contributed by atoms with van der Waals surface area (Å²) in [6, 6.07) is 2.93. The first kappa shape index (κ1) is 14.3. The lowest BCUT2D eigenvalue weighted by molar-refractivity contribution is -0.143. The average molecular weight is 303 g/mol. The van der Waals surface area contributed by atoms with Gasteiger partial charge in [-0.2, -0.15) is 0 Å². The van der Waals surface area contributed by atoms with E-state index in [0.717, 1.165) is 0 Å². The topological polar surface area (TPSA) is 60.9 Å². The van der Waals surface area contributed by atoms with Crippen molar-refractivity contribution in [3.05, 3.63) is 21.3 Å². The molecule has 7 heteroatoms. The Hall–Kier alpha value is -1.11. The molecule has 0 bridgehead atoms. The van der Waals surface area contributed by atoms with E-state index in [1.165, 1.54) is 11.3 Å². The Bertz CT molecular complexity index is 483. The van der Waals surface area contributed by atoms with E-state index in [-0.39, 0.29) is 5.91 Å². The van der Waals surface area contributed by atoms with E-state index in [4.69, 9.17) is 16.7 Å². The molecule has 1 N–H and O–H groups in total. The molecule has 2 rings (SSSR count). The van der Waals surface area contributed by atoms with Gasteiger partial charge in [-0.3, -0.25) is 14.5 Å². The van der Waals surface area contributed by atoms with Gasteiger partial charge in [0.25, 0.3) is 5.91 Å². The molecule has 1 aromatic rings. The molecule has 19 heavy (non-hydrogen) atoms. The largest absolute Gasteiger partial charge is 0.480 e. The van der Waals surface area contributed by atoms with Crippen LogP contribution in [0.15, 0.2) is 12.1 Å². The molecule has 0 saturated carbocycles. The smallest absolute Gasteiger partial charge is 0.320 e. The van der Waals surface area contributed by atoms with E-state index in [0.29, 0.717) is 35.4 Å². The second kappa shape index (κ2) is 5.90. The Kier molecular flexibility index (Phi) is 4.44. The van der Waals surface area contributed by atoms with Crippen LogP contribution >= 0.6 is 22.9 Å². The van der Waals surface area contributed by atoms with E-state index in [1.807, 2.05) is 4.90 Å². The van der Waals surface area contributed by atoms with Gasteiger partial charge in [0, 0.05) is 26.2 Å². The van der Waals surface area contributed by atoms with Crippen LogP contribution in [-0.4, -0.2) is 59.0 Å². The number of thiophene rings is 1. The summed E-state index contributed by atoms with van der Waals surface area (Å²) < 4.78 is 0.599. The average Bonchev–Trinajstić information content (AvgIpc) is 2.84. The maximum Gasteiger partial charge on any atom is 0.320 e. The molecule has 1 aromatic heterocycles. The van der Waals surface area contributed by atoms with Crippen molar-refractivity contribution in [2.45, 2.75) is 13.0 Å². The van der Waals surface area contributed by atoms with Gasteiger partial charge in [0.2, 0.25) is 0 Å².